The van der Waals surface area contributed by atoms with Gasteiger partial charge in [0.1, 0.15) is 12.3 Å². The topological polar surface area (TPSA) is 102 Å². The van der Waals surface area contributed by atoms with Crippen molar-refractivity contribution < 1.29 is 24.0 Å². The SMILES string of the molecule is O=C(CN1C(=O)COc2ccc([N+](=O)[O-])cc21)N(Cc1cccs1)CC1CCCO1. The van der Waals surface area contributed by atoms with Crippen LogP contribution in [-0.4, -0.2) is 54.0 Å². The van der Waals surface area contributed by atoms with Crippen LogP contribution in [0, 0.1) is 10.1 Å². The number of amides is 2. The van der Waals surface area contributed by atoms with Crippen LogP contribution in [0.1, 0.15) is 17.7 Å². The van der Waals surface area contributed by atoms with Crippen molar-refractivity contribution in [2.45, 2.75) is 25.5 Å². The van der Waals surface area contributed by atoms with E-state index in [-0.39, 0.29) is 36.5 Å². The predicted octanol–water partition coefficient (Wildman–Crippen LogP) is 2.59. The van der Waals surface area contributed by atoms with Gasteiger partial charge in [-0.15, -0.1) is 11.3 Å². The van der Waals surface area contributed by atoms with Crippen LogP contribution in [0.5, 0.6) is 5.75 Å². The Labute approximate surface area is 176 Å². The Morgan fingerprint density at radius 3 is 2.93 bits per heavy atom. The lowest BCUT2D eigenvalue weighted by molar-refractivity contribution is -0.384. The van der Waals surface area contributed by atoms with E-state index in [4.69, 9.17) is 9.47 Å². The zero-order valence-electron chi connectivity index (χ0n) is 16.2. The highest BCUT2D eigenvalue weighted by Gasteiger charge is 2.31. The second-order valence-electron chi connectivity index (χ2n) is 7.17. The molecule has 1 saturated heterocycles. The Kier molecular flexibility index (Phi) is 5.96. The Morgan fingerprint density at radius 1 is 1.37 bits per heavy atom. The van der Waals surface area contributed by atoms with Crippen LogP contribution < -0.4 is 9.64 Å². The van der Waals surface area contributed by atoms with Crippen molar-refractivity contribution in [2.24, 2.45) is 0 Å². The number of benzene rings is 1. The van der Waals surface area contributed by atoms with Crippen molar-refractivity contribution in [2.75, 3.05) is 31.2 Å². The van der Waals surface area contributed by atoms with Crippen molar-refractivity contribution >= 4 is 34.5 Å². The fourth-order valence-corrected chi connectivity index (χ4v) is 4.31. The van der Waals surface area contributed by atoms with Crippen LogP contribution in [0.15, 0.2) is 35.7 Å². The molecule has 9 nitrogen and oxygen atoms in total. The van der Waals surface area contributed by atoms with E-state index in [0.29, 0.717) is 25.4 Å². The number of hydrogen-bond acceptors (Lipinski definition) is 7. The molecule has 158 valence electrons. The number of anilines is 1. The summed E-state index contributed by atoms with van der Waals surface area (Å²) < 4.78 is 11.1. The average Bonchev–Trinajstić information content (AvgIpc) is 3.43. The van der Waals surface area contributed by atoms with Crippen molar-refractivity contribution in [3.63, 3.8) is 0 Å². The van der Waals surface area contributed by atoms with E-state index < -0.39 is 10.8 Å². The zero-order chi connectivity index (χ0) is 21.1. The summed E-state index contributed by atoms with van der Waals surface area (Å²) in [6, 6.07) is 7.92. The summed E-state index contributed by atoms with van der Waals surface area (Å²) in [4.78, 5) is 40.3. The molecule has 0 spiro atoms. The van der Waals surface area contributed by atoms with Gasteiger partial charge in [0, 0.05) is 30.2 Å². The molecule has 1 unspecified atom stereocenters. The molecule has 2 aliphatic heterocycles. The summed E-state index contributed by atoms with van der Waals surface area (Å²) >= 11 is 1.56. The van der Waals surface area contributed by atoms with E-state index in [9.17, 15) is 19.7 Å². The summed E-state index contributed by atoms with van der Waals surface area (Å²) in [6.07, 6.45) is 1.83. The van der Waals surface area contributed by atoms with Gasteiger partial charge in [-0.2, -0.15) is 0 Å². The van der Waals surface area contributed by atoms with E-state index in [0.717, 1.165) is 17.7 Å². The summed E-state index contributed by atoms with van der Waals surface area (Å²) in [5.41, 5.74) is 0.0706. The lowest BCUT2D eigenvalue weighted by Crippen LogP contribution is -2.47. The highest BCUT2D eigenvalue weighted by molar-refractivity contribution is 7.09. The Morgan fingerprint density at radius 2 is 2.23 bits per heavy atom. The largest absolute Gasteiger partial charge is 0.482 e. The van der Waals surface area contributed by atoms with Crippen LogP contribution in [0.3, 0.4) is 0 Å². The standard InChI is InChI=1S/C20H21N3O6S/c24-19(21(10-15-3-1-7-28-15)11-16-4-2-8-30-16)12-22-17-9-14(23(26)27)5-6-18(17)29-13-20(22)25/h2,4-6,8-9,15H,1,3,7,10-13H2. The van der Waals surface area contributed by atoms with Crippen LogP contribution in [-0.2, 0) is 20.9 Å². The van der Waals surface area contributed by atoms with E-state index in [1.807, 2.05) is 17.5 Å². The van der Waals surface area contributed by atoms with Gasteiger partial charge in [-0.05, 0) is 30.4 Å². The minimum Gasteiger partial charge on any atom is -0.482 e. The van der Waals surface area contributed by atoms with Crippen LogP contribution in [0.2, 0.25) is 0 Å². The number of hydrogen-bond donors (Lipinski definition) is 0. The van der Waals surface area contributed by atoms with Gasteiger partial charge in [0.15, 0.2) is 6.61 Å². The van der Waals surface area contributed by atoms with E-state index >= 15 is 0 Å². The Bertz CT molecular complexity index is 942. The summed E-state index contributed by atoms with van der Waals surface area (Å²) in [5.74, 6) is -0.312. The number of thiophene rings is 1. The van der Waals surface area contributed by atoms with Crippen molar-refractivity contribution in [1.82, 2.24) is 4.90 Å². The number of carbonyl (C=O) groups excluding carboxylic acids is 2. The molecule has 2 aliphatic rings. The maximum atomic E-state index is 13.2. The van der Waals surface area contributed by atoms with Gasteiger partial charge in [-0.25, -0.2) is 0 Å². The van der Waals surface area contributed by atoms with Gasteiger partial charge in [0.25, 0.3) is 11.6 Å². The molecule has 2 aromatic rings. The van der Waals surface area contributed by atoms with Gasteiger partial charge in [0.2, 0.25) is 5.91 Å². The number of nitro groups is 1. The molecular weight excluding hydrogens is 410 g/mol. The van der Waals surface area contributed by atoms with Crippen LogP contribution >= 0.6 is 11.3 Å². The van der Waals surface area contributed by atoms with Crippen LogP contribution in [0.25, 0.3) is 0 Å². The molecule has 3 heterocycles. The van der Waals surface area contributed by atoms with Gasteiger partial charge in [-0.3, -0.25) is 24.6 Å². The maximum Gasteiger partial charge on any atom is 0.271 e. The minimum absolute atomic E-state index is 0.0253. The van der Waals surface area contributed by atoms with Gasteiger partial charge < -0.3 is 14.4 Å². The first-order chi connectivity index (χ1) is 14.5. The van der Waals surface area contributed by atoms with E-state index in [1.54, 1.807) is 16.2 Å². The molecule has 1 fully saturated rings. The third kappa shape index (κ3) is 4.44. The average molecular weight is 431 g/mol. The quantitative estimate of drug-likeness (QED) is 0.493. The van der Waals surface area contributed by atoms with Crippen LogP contribution in [0.4, 0.5) is 11.4 Å². The first-order valence-electron chi connectivity index (χ1n) is 9.64. The monoisotopic (exact) mass is 431 g/mol. The van der Waals surface area contributed by atoms with Gasteiger partial charge in [0.05, 0.1) is 23.3 Å². The molecule has 0 radical (unpaired) electrons. The third-order valence-corrected chi connectivity index (χ3v) is 5.98. The molecule has 1 aromatic heterocycles. The normalized spacial score (nSPS) is 18.1. The molecule has 1 aromatic carbocycles. The molecular formula is C20H21N3O6S. The highest BCUT2D eigenvalue weighted by Crippen LogP contribution is 2.35. The first kappa shape index (κ1) is 20.3. The molecule has 10 heteroatoms. The molecule has 30 heavy (non-hydrogen) atoms. The molecule has 1 atom stereocenters. The smallest absolute Gasteiger partial charge is 0.271 e. The lowest BCUT2D eigenvalue weighted by atomic mass is 10.2. The highest BCUT2D eigenvalue weighted by atomic mass is 32.1. The fraction of sp³-hybridized carbons (Fsp3) is 0.400. The van der Waals surface area contributed by atoms with Gasteiger partial charge in [-0.1, -0.05) is 6.07 Å². The predicted molar refractivity (Wildman–Crippen MR) is 110 cm³/mol. The number of fused-ring (bicyclic) bond motifs is 1. The van der Waals surface area contributed by atoms with E-state index in [2.05, 4.69) is 0 Å². The number of nitro benzene ring substituents is 1. The molecule has 0 aliphatic carbocycles. The summed E-state index contributed by atoms with van der Waals surface area (Å²) in [7, 11) is 0. The van der Waals surface area contributed by atoms with Crippen molar-refractivity contribution in [1.29, 1.82) is 0 Å². The molecule has 0 N–H and O–H groups in total. The number of non-ortho nitro benzene ring substituents is 1. The second-order valence-corrected chi connectivity index (χ2v) is 8.20. The molecule has 0 bridgehead atoms. The summed E-state index contributed by atoms with van der Waals surface area (Å²) in [6.45, 7) is 1.13. The zero-order valence-corrected chi connectivity index (χ0v) is 17.0. The number of carbonyl (C=O) groups is 2. The maximum absolute atomic E-state index is 13.2. The number of rotatable bonds is 7. The second kappa shape index (κ2) is 8.80. The van der Waals surface area contributed by atoms with Crippen molar-refractivity contribution in [3.05, 3.63) is 50.7 Å². The lowest BCUT2D eigenvalue weighted by Gasteiger charge is -2.31. The number of ether oxygens (including phenoxy) is 2. The fourth-order valence-electron chi connectivity index (χ4n) is 3.59. The molecule has 2 amide bonds. The van der Waals surface area contributed by atoms with E-state index in [1.165, 1.54) is 23.1 Å². The third-order valence-electron chi connectivity index (χ3n) is 5.12. The minimum atomic E-state index is -0.542. The first-order valence-corrected chi connectivity index (χ1v) is 10.5. The summed E-state index contributed by atoms with van der Waals surface area (Å²) in [5, 5.41) is 13.1. The van der Waals surface area contributed by atoms with Crippen molar-refractivity contribution in [3.8, 4) is 5.75 Å². The molecule has 0 saturated carbocycles. The number of nitrogens with zero attached hydrogens (tertiary/aromatic N) is 3. The Balaban J connectivity index is 1.55. The van der Waals surface area contributed by atoms with Gasteiger partial charge >= 0.3 is 0 Å². The molecule has 4 rings (SSSR count). The Hall–Kier alpha value is -2.98.